The van der Waals surface area contributed by atoms with Gasteiger partial charge in [-0.25, -0.2) is 8.42 Å². The highest BCUT2D eigenvalue weighted by atomic mass is 32.2. The van der Waals surface area contributed by atoms with Gasteiger partial charge in [-0.2, -0.15) is 0 Å². The van der Waals surface area contributed by atoms with Gasteiger partial charge in [-0.05, 0) is 68.7 Å². The van der Waals surface area contributed by atoms with Crippen LogP contribution < -0.4 is 14.8 Å². The molecular formula is C25H28N2O4S. The first-order valence-corrected chi connectivity index (χ1v) is 11.8. The maximum absolute atomic E-state index is 13.1. The lowest BCUT2D eigenvalue weighted by Gasteiger charge is -2.18. The van der Waals surface area contributed by atoms with Gasteiger partial charge in [0.25, 0.3) is 15.9 Å². The lowest BCUT2D eigenvalue weighted by Crippen LogP contribution is -2.27. The van der Waals surface area contributed by atoms with Gasteiger partial charge in [-0.15, -0.1) is 0 Å². The molecule has 0 bridgehead atoms. The Labute approximate surface area is 189 Å². The van der Waals surface area contributed by atoms with E-state index in [-0.39, 0.29) is 22.4 Å². The predicted molar refractivity (Wildman–Crippen MR) is 127 cm³/mol. The second-order valence-electron chi connectivity index (χ2n) is 7.77. The van der Waals surface area contributed by atoms with Crippen molar-refractivity contribution in [1.29, 1.82) is 0 Å². The summed E-state index contributed by atoms with van der Waals surface area (Å²) < 4.78 is 34.3. The van der Waals surface area contributed by atoms with Crippen LogP contribution in [0.2, 0.25) is 0 Å². The minimum Gasteiger partial charge on any atom is -0.496 e. The molecule has 0 aromatic heterocycles. The minimum absolute atomic E-state index is 0.0657. The third-order valence-electron chi connectivity index (χ3n) is 5.54. The van der Waals surface area contributed by atoms with Gasteiger partial charge < -0.3 is 10.1 Å². The number of anilines is 1. The number of methoxy groups -OCH3 is 1. The zero-order chi connectivity index (χ0) is 23.5. The maximum Gasteiger partial charge on any atom is 0.262 e. The first-order chi connectivity index (χ1) is 15.1. The quantitative estimate of drug-likeness (QED) is 0.533. The summed E-state index contributed by atoms with van der Waals surface area (Å²) in [5.74, 6) is 0.303. The highest BCUT2D eigenvalue weighted by molar-refractivity contribution is 7.92. The molecule has 3 rings (SSSR count). The summed E-state index contributed by atoms with van der Waals surface area (Å²) in [5.41, 5.74) is 4.01. The van der Waals surface area contributed by atoms with Crippen LogP contribution in [0.1, 0.15) is 45.6 Å². The molecule has 0 fully saturated rings. The van der Waals surface area contributed by atoms with E-state index in [9.17, 15) is 13.2 Å². The Bertz CT molecular complexity index is 1250. The van der Waals surface area contributed by atoms with Crippen molar-refractivity contribution in [1.82, 2.24) is 5.32 Å². The van der Waals surface area contributed by atoms with Crippen molar-refractivity contribution in [2.24, 2.45) is 0 Å². The van der Waals surface area contributed by atoms with Crippen molar-refractivity contribution in [3.8, 4) is 5.75 Å². The number of hydrogen-bond donors (Lipinski definition) is 2. The second-order valence-corrected chi connectivity index (χ2v) is 9.42. The van der Waals surface area contributed by atoms with Gasteiger partial charge >= 0.3 is 0 Å². The summed E-state index contributed by atoms with van der Waals surface area (Å²) in [6.07, 6.45) is 0. The molecule has 2 N–H and O–H groups in total. The molecule has 0 saturated heterocycles. The molecule has 0 saturated carbocycles. The zero-order valence-electron chi connectivity index (χ0n) is 18.9. The zero-order valence-corrected chi connectivity index (χ0v) is 19.7. The van der Waals surface area contributed by atoms with Gasteiger partial charge in [0.1, 0.15) is 5.75 Å². The van der Waals surface area contributed by atoms with Crippen LogP contribution in [0, 0.1) is 20.8 Å². The number of aryl methyl sites for hydroxylation is 2. The number of ether oxygens (including phenoxy) is 1. The summed E-state index contributed by atoms with van der Waals surface area (Å²) in [7, 11) is -2.30. The molecule has 0 aliphatic carbocycles. The summed E-state index contributed by atoms with van der Waals surface area (Å²) in [4.78, 5) is 13.0. The number of carbonyl (C=O) groups is 1. The van der Waals surface area contributed by atoms with Crippen molar-refractivity contribution in [2.75, 3.05) is 11.8 Å². The lowest BCUT2D eigenvalue weighted by atomic mass is 10.1. The first kappa shape index (κ1) is 23.3. The summed E-state index contributed by atoms with van der Waals surface area (Å²) in [5, 5.41) is 2.92. The average Bonchev–Trinajstić information content (AvgIpc) is 2.76. The first-order valence-electron chi connectivity index (χ1n) is 10.3. The molecule has 6 nitrogen and oxygen atoms in total. The molecule has 32 heavy (non-hydrogen) atoms. The number of amides is 1. The highest BCUT2D eigenvalue weighted by Crippen LogP contribution is 2.26. The Morgan fingerprint density at radius 3 is 2.38 bits per heavy atom. The third-order valence-corrected chi connectivity index (χ3v) is 7.05. The molecule has 1 amide bonds. The van der Waals surface area contributed by atoms with Crippen molar-refractivity contribution in [2.45, 2.75) is 38.6 Å². The molecule has 0 radical (unpaired) electrons. The minimum atomic E-state index is -3.88. The Hall–Kier alpha value is -3.32. The van der Waals surface area contributed by atoms with Gasteiger partial charge in [0, 0.05) is 11.1 Å². The van der Waals surface area contributed by atoms with E-state index in [0.717, 1.165) is 16.7 Å². The molecule has 0 aliphatic rings. The Morgan fingerprint density at radius 1 is 0.938 bits per heavy atom. The molecule has 3 aromatic rings. The molecule has 1 atom stereocenters. The van der Waals surface area contributed by atoms with Crippen LogP contribution in [0.5, 0.6) is 5.75 Å². The number of para-hydroxylation sites is 1. The highest BCUT2D eigenvalue weighted by Gasteiger charge is 2.21. The molecule has 0 spiro atoms. The van der Waals surface area contributed by atoms with Crippen LogP contribution in [0.3, 0.4) is 0 Å². The van der Waals surface area contributed by atoms with E-state index in [1.54, 1.807) is 38.3 Å². The number of rotatable bonds is 7. The molecule has 7 heteroatoms. The predicted octanol–water partition coefficient (Wildman–Crippen LogP) is 4.91. The molecule has 1 unspecified atom stereocenters. The summed E-state index contributed by atoms with van der Waals surface area (Å²) >= 11 is 0. The van der Waals surface area contributed by atoms with Gasteiger partial charge in [-0.1, -0.05) is 36.4 Å². The van der Waals surface area contributed by atoms with E-state index in [1.165, 1.54) is 6.07 Å². The fourth-order valence-electron chi connectivity index (χ4n) is 3.47. The second kappa shape index (κ2) is 9.44. The monoisotopic (exact) mass is 452 g/mol. The maximum atomic E-state index is 13.1. The number of sulfonamides is 1. The van der Waals surface area contributed by atoms with Crippen LogP contribution in [0.4, 0.5) is 5.69 Å². The Balaban J connectivity index is 1.87. The lowest BCUT2D eigenvalue weighted by molar-refractivity contribution is 0.0939. The van der Waals surface area contributed by atoms with Crippen molar-refractivity contribution < 1.29 is 17.9 Å². The Kier molecular flexibility index (Phi) is 6.89. The number of hydrogen-bond acceptors (Lipinski definition) is 4. The number of benzene rings is 3. The van der Waals surface area contributed by atoms with Gasteiger partial charge in [0.15, 0.2) is 0 Å². The fourth-order valence-corrected chi connectivity index (χ4v) is 4.87. The van der Waals surface area contributed by atoms with E-state index in [0.29, 0.717) is 17.0 Å². The molecule has 3 aromatic carbocycles. The standard InChI is InChI=1S/C25H28N2O4S/c1-16-9-8-11-22(18(16)3)27-32(29,30)24-15-20(14-13-17(24)2)25(28)26-19(4)21-10-6-7-12-23(21)31-5/h6-15,19,27H,1-5H3,(H,26,28). The molecular weight excluding hydrogens is 424 g/mol. The largest absolute Gasteiger partial charge is 0.496 e. The van der Waals surface area contributed by atoms with Crippen LogP contribution in [-0.2, 0) is 10.0 Å². The molecule has 0 heterocycles. The van der Waals surface area contributed by atoms with Gasteiger partial charge in [0.2, 0.25) is 0 Å². The third kappa shape index (κ3) is 4.94. The summed E-state index contributed by atoms with van der Waals surface area (Å²) in [6.45, 7) is 7.34. The normalized spacial score (nSPS) is 12.2. The van der Waals surface area contributed by atoms with E-state index in [1.807, 2.05) is 51.1 Å². The number of carbonyl (C=O) groups excluding carboxylic acids is 1. The van der Waals surface area contributed by atoms with Crippen LogP contribution in [-0.4, -0.2) is 21.4 Å². The number of nitrogens with one attached hydrogen (secondary N) is 2. The van der Waals surface area contributed by atoms with Crippen LogP contribution >= 0.6 is 0 Å². The van der Waals surface area contributed by atoms with Gasteiger partial charge in [-0.3, -0.25) is 9.52 Å². The van der Waals surface area contributed by atoms with E-state index < -0.39 is 10.0 Å². The van der Waals surface area contributed by atoms with Crippen molar-refractivity contribution in [3.63, 3.8) is 0 Å². The Morgan fingerprint density at radius 2 is 1.66 bits per heavy atom. The van der Waals surface area contributed by atoms with Crippen molar-refractivity contribution in [3.05, 3.63) is 88.5 Å². The van der Waals surface area contributed by atoms with Crippen LogP contribution in [0.15, 0.2) is 65.6 Å². The van der Waals surface area contributed by atoms with Gasteiger partial charge in [0.05, 0.1) is 23.7 Å². The van der Waals surface area contributed by atoms with E-state index in [2.05, 4.69) is 10.0 Å². The average molecular weight is 453 g/mol. The molecule has 0 aliphatic heterocycles. The topological polar surface area (TPSA) is 84.5 Å². The SMILES string of the molecule is COc1ccccc1C(C)NC(=O)c1ccc(C)c(S(=O)(=O)Nc2cccc(C)c2C)c1. The fraction of sp³-hybridized carbons (Fsp3) is 0.240. The van der Waals surface area contributed by atoms with E-state index >= 15 is 0 Å². The van der Waals surface area contributed by atoms with Crippen LogP contribution in [0.25, 0.3) is 0 Å². The van der Waals surface area contributed by atoms with Crippen molar-refractivity contribution >= 4 is 21.6 Å². The smallest absolute Gasteiger partial charge is 0.262 e. The summed E-state index contributed by atoms with van der Waals surface area (Å²) in [6, 6.07) is 17.2. The molecule has 168 valence electrons. The van der Waals surface area contributed by atoms with E-state index in [4.69, 9.17) is 4.74 Å².